The Morgan fingerprint density at radius 1 is 0.680 bits per heavy atom. The van der Waals surface area contributed by atoms with Crippen LogP contribution in [0.2, 0.25) is 0 Å². The Hall–Kier alpha value is -1.54. The fraction of sp³-hybridized carbons (Fsp3) is 0.780. The largest absolute Gasteiger partial charge is 0.472 e. The van der Waals surface area contributed by atoms with Crippen LogP contribution in [0.5, 0.6) is 0 Å². The zero-order valence-electron chi connectivity index (χ0n) is 32.1. The summed E-state index contributed by atoms with van der Waals surface area (Å²) in [7, 11) is -4.34. The van der Waals surface area contributed by atoms with Crippen molar-refractivity contribution >= 4 is 13.7 Å². The number of hydrogen-bond donors (Lipinski definition) is 4. The number of hydrogen-bond acceptors (Lipinski definition) is 6. The first-order chi connectivity index (χ1) is 24.4. The summed E-state index contributed by atoms with van der Waals surface area (Å²) in [5.41, 5.74) is 5.36. The molecule has 0 rings (SSSR count). The number of aliphatic hydroxyl groups is 1. The highest BCUT2D eigenvalue weighted by Crippen LogP contribution is 2.43. The Morgan fingerprint density at radius 3 is 1.70 bits per heavy atom. The fourth-order valence-corrected chi connectivity index (χ4v) is 6.38. The molecular formula is C41H77N2O6P. The molecule has 0 aliphatic carbocycles. The van der Waals surface area contributed by atoms with Gasteiger partial charge in [-0.05, 0) is 51.4 Å². The lowest BCUT2D eigenvalue weighted by molar-refractivity contribution is -0.123. The van der Waals surface area contributed by atoms with E-state index >= 15 is 0 Å². The van der Waals surface area contributed by atoms with Crippen LogP contribution >= 0.6 is 7.82 Å². The van der Waals surface area contributed by atoms with Gasteiger partial charge in [0.15, 0.2) is 0 Å². The molecule has 5 N–H and O–H groups in total. The summed E-state index contributed by atoms with van der Waals surface area (Å²) in [5, 5.41) is 13.6. The average Bonchev–Trinajstić information content (AvgIpc) is 3.10. The van der Waals surface area contributed by atoms with Crippen molar-refractivity contribution in [2.24, 2.45) is 5.73 Å². The van der Waals surface area contributed by atoms with Crippen molar-refractivity contribution in [2.45, 2.75) is 187 Å². The first-order valence-electron chi connectivity index (χ1n) is 20.3. The van der Waals surface area contributed by atoms with Crippen molar-refractivity contribution in [3.05, 3.63) is 48.6 Å². The summed E-state index contributed by atoms with van der Waals surface area (Å²) in [6.45, 7) is 4.00. The first kappa shape index (κ1) is 48.5. The van der Waals surface area contributed by atoms with Gasteiger partial charge in [0.2, 0.25) is 5.91 Å². The molecule has 0 radical (unpaired) electrons. The van der Waals surface area contributed by atoms with Crippen LogP contribution in [0, 0.1) is 0 Å². The molecule has 0 fully saturated rings. The standard InChI is InChI=1S/C41H77N2O6P/c1-3-5-7-9-11-13-15-17-19-20-21-23-25-27-29-31-33-35-41(45)43-39(38-49-50(46,47)48-37-36-42)40(44)34-32-30-28-26-24-22-18-16-14-12-10-8-6-4-2/h5,7,11,13,17,19,32,34,39-40,44H,3-4,6,8-10,12,14-16,18,20-31,33,35-38,42H2,1-2H3,(H,43,45)(H,46,47)/b7-5-,13-11-,19-17-,34-32+. The maximum atomic E-state index is 12.7. The molecule has 0 aromatic rings. The lowest BCUT2D eigenvalue weighted by Gasteiger charge is -2.23. The number of phosphoric acid groups is 1. The maximum absolute atomic E-state index is 12.7. The maximum Gasteiger partial charge on any atom is 0.472 e. The second kappa shape index (κ2) is 37.2. The average molecular weight is 725 g/mol. The molecule has 0 aliphatic rings. The summed E-state index contributed by atoms with van der Waals surface area (Å²) in [6, 6.07) is -0.865. The van der Waals surface area contributed by atoms with E-state index in [9.17, 15) is 19.4 Å². The number of carbonyl (C=O) groups excluding carboxylic acids is 1. The molecule has 0 aliphatic heterocycles. The molecular weight excluding hydrogens is 647 g/mol. The molecule has 3 unspecified atom stereocenters. The van der Waals surface area contributed by atoms with Gasteiger partial charge in [0.25, 0.3) is 0 Å². The molecule has 0 aromatic heterocycles. The Kier molecular flexibility index (Phi) is 36.1. The normalized spacial score (nSPS) is 14.7. The van der Waals surface area contributed by atoms with Crippen LogP contribution in [0.25, 0.3) is 0 Å². The third-order valence-electron chi connectivity index (χ3n) is 8.66. The zero-order valence-corrected chi connectivity index (χ0v) is 33.0. The van der Waals surface area contributed by atoms with Crippen LogP contribution in [-0.2, 0) is 18.4 Å². The predicted molar refractivity (Wildman–Crippen MR) is 212 cm³/mol. The number of nitrogens with one attached hydrogen (secondary N) is 1. The SMILES string of the molecule is CC/C=C\C/C=C\C/C=C\CCCCCCCCCC(=O)NC(COP(=O)(O)OCCN)C(O)/C=C/CCCCCCCCCCCCCC. The number of carbonyl (C=O) groups is 1. The van der Waals surface area contributed by atoms with Crippen molar-refractivity contribution in [1.82, 2.24) is 5.32 Å². The summed E-state index contributed by atoms with van der Waals surface area (Å²) in [5.74, 6) is -0.207. The third-order valence-corrected chi connectivity index (χ3v) is 9.64. The van der Waals surface area contributed by atoms with E-state index in [4.69, 9.17) is 14.8 Å². The monoisotopic (exact) mass is 725 g/mol. The molecule has 292 valence electrons. The minimum atomic E-state index is -4.34. The number of allylic oxidation sites excluding steroid dienone is 7. The summed E-state index contributed by atoms with van der Waals surface area (Å²) in [6.07, 6.45) is 44.3. The van der Waals surface area contributed by atoms with E-state index in [1.165, 1.54) is 83.5 Å². The van der Waals surface area contributed by atoms with Crippen LogP contribution in [0.15, 0.2) is 48.6 Å². The van der Waals surface area contributed by atoms with Gasteiger partial charge in [-0.15, -0.1) is 0 Å². The van der Waals surface area contributed by atoms with Crippen LogP contribution in [-0.4, -0.2) is 47.8 Å². The molecule has 0 bridgehead atoms. The summed E-state index contributed by atoms with van der Waals surface area (Å²) in [4.78, 5) is 22.6. The molecule has 0 heterocycles. The summed E-state index contributed by atoms with van der Waals surface area (Å²) < 4.78 is 22.1. The van der Waals surface area contributed by atoms with Gasteiger partial charge >= 0.3 is 7.82 Å². The van der Waals surface area contributed by atoms with E-state index in [0.29, 0.717) is 6.42 Å². The number of amides is 1. The molecule has 0 saturated heterocycles. The minimum absolute atomic E-state index is 0.0751. The van der Waals surface area contributed by atoms with Gasteiger partial charge in [0.1, 0.15) is 0 Å². The van der Waals surface area contributed by atoms with E-state index < -0.39 is 20.0 Å². The molecule has 0 spiro atoms. The molecule has 0 aromatic carbocycles. The summed E-state index contributed by atoms with van der Waals surface area (Å²) >= 11 is 0. The number of aliphatic hydroxyl groups excluding tert-OH is 1. The Balaban J connectivity index is 4.29. The van der Waals surface area contributed by atoms with Gasteiger partial charge < -0.3 is 21.1 Å². The highest BCUT2D eigenvalue weighted by Gasteiger charge is 2.26. The molecule has 8 nitrogen and oxygen atoms in total. The van der Waals surface area contributed by atoms with E-state index in [1.807, 2.05) is 6.08 Å². The van der Waals surface area contributed by atoms with Gasteiger partial charge in [-0.2, -0.15) is 0 Å². The van der Waals surface area contributed by atoms with Crippen LogP contribution in [0.3, 0.4) is 0 Å². The third kappa shape index (κ3) is 34.9. The van der Waals surface area contributed by atoms with E-state index in [1.54, 1.807) is 6.08 Å². The van der Waals surface area contributed by atoms with Crippen LogP contribution < -0.4 is 11.1 Å². The van der Waals surface area contributed by atoms with Crippen LogP contribution in [0.4, 0.5) is 0 Å². The number of rotatable bonds is 37. The van der Waals surface area contributed by atoms with E-state index in [0.717, 1.165) is 70.6 Å². The first-order valence-corrected chi connectivity index (χ1v) is 21.8. The van der Waals surface area contributed by atoms with Gasteiger partial charge in [0, 0.05) is 13.0 Å². The lowest BCUT2D eigenvalue weighted by atomic mass is 10.0. The predicted octanol–water partition coefficient (Wildman–Crippen LogP) is 10.9. The number of phosphoric ester groups is 1. The van der Waals surface area contributed by atoms with Crippen molar-refractivity contribution in [2.75, 3.05) is 19.8 Å². The Bertz CT molecular complexity index is 923. The highest BCUT2D eigenvalue weighted by atomic mass is 31.2. The molecule has 50 heavy (non-hydrogen) atoms. The van der Waals surface area contributed by atoms with Crippen LogP contribution in [0.1, 0.15) is 174 Å². The minimum Gasteiger partial charge on any atom is -0.387 e. The molecule has 3 atom stereocenters. The smallest absolute Gasteiger partial charge is 0.387 e. The Morgan fingerprint density at radius 2 is 1.16 bits per heavy atom. The quantitative estimate of drug-likeness (QED) is 0.0285. The molecule has 0 saturated carbocycles. The highest BCUT2D eigenvalue weighted by molar-refractivity contribution is 7.47. The Labute approximate surface area is 307 Å². The van der Waals surface area contributed by atoms with Crippen molar-refractivity contribution in [3.63, 3.8) is 0 Å². The van der Waals surface area contributed by atoms with Gasteiger partial charge in [-0.3, -0.25) is 13.8 Å². The second-order valence-corrected chi connectivity index (χ2v) is 14.9. The fourth-order valence-electron chi connectivity index (χ4n) is 5.62. The second-order valence-electron chi connectivity index (χ2n) is 13.5. The molecule has 1 amide bonds. The topological polar surface area (TPSA) is 131 Å². The van der Waals surface area contributed by atoms with Gasteiger partial charge in [-0.25, -0.2) is 4.57 Å². The van der Waals surface area contributed by atoms with Gasteiger partial charge in [-0.1, -0.05) is 165 Å². The van der Waals surface area contributed by atoms with E-state index in [-0.39, 0.29) is 25.7 Å². The molecule has 9 heteroatoms. The number of nitrogens with two attached hydrogens (primary N) is 1. The van der Waals surface area contributed by atoms with Crippen molar-refractivity contribution in [3.8, 4) is 0 Å². The van der Waals surface area contributed by atoms with E-state index in [2.05, 4.69) is 55.6 Å². The zero-order chi connectivity index (χ0) is 36.8. The lowest BCUT2D eigenvalue weighted by Crippen LogP contribution is -2.45. The number of unbranched alkanes of at least 4 members (excludes halogenated alkanes) is 19. The van der Waals surface area contributed by atoms with Crippen molar-refractivity contribution in [1.29, 1.82) is 0 Å². The van der Waals surface area contributed by atoms with Gasteiger partial charge in [0.05, 0.1) is 25.4 Å². The van der Waals surface area contributed by atoms with Crippen molar-refractivity contribution < 1.29 is 28.4 Å².